The second kappa shape index (κ2) is 6.22. The highest BCUT2D eigenvalue weighted by atomic mass is 16.6. The van der Waals surface area contributed by atoms with Gasteiger partial charge in [0.25, 0.3) is 0 Å². The Balaban J connectivity index is 2.74. The minimum Gasteiger partial charge on any atom is -0.444 e. The first-order valence-corrected chi connectivity index (χ1v) is 6.76. The maximum absolute atomic E-state index is 11.7. The van der Waals surface area contributed by atoms with E-state index >= 15 is 0 Å². The number of nitrogens with one attached hydrogen (secondary N) is 1. The van der Waals surface area contributed by atoms with Gasteiger partial charge in [-0.15, -0.1) is 0 Å². The Morgan fingerprint density at radius 1 is 1.40 bits per heavy atom. The number of aryl methyl sites for hydroxylation is 1. The van der Waals surface area contributed by atoms with Crippen LogP contribution in [0.2, 0.25) is 0 Å². The van der Waals surface area contributed by atoms with Crippen molar-refractivity contribution in [3.8, 4) is 0 Å². The van der Waals surface area contributed by atoms with Gasteiger partial charge in [-0.05, 0) is 45.4 Å². The number of rotatable bonds is 4. The van der Waals surface area contributed by atoms with E-state index < -0.39 is 11.7 Å². The Bertz CT molecular complexity index is 468. The lowest BCUT2D eigenvalue weighted by molar-refractivity contribution is 0.0516. The smallest absolute Gasteiger partial charge is 0.407 e. The minimum atomic E-state index is -0.504. The van der Waals surface area contributed by atoms with E-state index in [1.54, 1.807) is 6.20 Å². The van der Waals surface area contributed by atoms with Gasteiger partial charge in [0, 0.05) is 30.4 Å². The summed E-state index contributed by atoms with van der Waals surface area (Å²) in [7, 11) is 0. The number of hydrogen-bond donors (Lipinski definition) is 2. The van der Waals surface area contributed by atoms with Crippen LogP contribution in [0.3, 0.4) is 0 Å². The third-order valence-electron chi connectivity index (χ3n) is 3.07. The van der Waals surface area contributed by atoms with Crippen LogP contribution in [0.15, 0.2) is 18.3 Å². The molecule has 0 bridgehead atoms. The minimum absolute atomic E-state index is 0.343. The predicted octanol–water partition coefficient (Wildman–Crippen LogP) is 2.13. The number of aromatic nitrogens is 1. The molecule has 5 nitrogen and oxygen atoms in total. The molecule has 1 amide bonds. The molecule has 0 fully saturated rings. The number of alkyl carbamates (subject to hydrolysis) is 1. The van der Waals surface area contributed by atoms with Gasteiger partial charge < -0.3 is 15.8 Å². The van der Waals surface area contributed by atoms with E-state index in [4.69, 9.17) is 10.5 Å². The highest BCUT2D eigenvalue weighted by Gasteiger charge is 2.27. The topological polar surface area (TPSA) is 77.2 Å². The zero-order chi connectivity index (χ0) is 15.4. The molecule has 1 unspecified atom stereocenters. The monoisotopic (exact) mass is 279 g/mol. The van der Waals surface area contributed by atoms with Gasteiger partial charge in [0.1, 0.15) is 5.60 Å². The van der Waals surface area contributed by atoms with Gasteiger partial charge in [0.2, 0.25) is 0 Å². The second-order valence-corrected chi connectivity index (χ2v) is 6.31. The SMILES string of the molecule is Cc1cc(C(C)(CN)CNC(=O)OC(C)(C)C)ccn1. The first kappa shape index (κ1) is 16.4. The molecule has 0 saturated heterocycles. The largest absolute Gasteiger partial charge is 0.444 e. The molecule has 3 N–H and O–H groups in total. The molecular weight excluding hydrogens is 254 g/mol. The fourth-order valence-electron chi connectivity index (χ4n) is 1.79. The normalized spacial score (nSPS) is 14.5. The fraction of sp³-hybridized carbons (Fsp3) is 0.600. The first-order valence-electron chi connectivity index (χ1n) is 6.76. The average molecular weight is 279 g/mol. The summed E-state index contributed by atoms with van der Waals surface area (Å²) in [5.41, 5.74) is 7.03. The third-order valence-corrected chi connectivity index (χ3v) is 3.07. The number of ether oxygens (including phenoxy) is 1. The molecule has 5 heteroatoms. The number of carbonyl (C=O) groups is 1. The Labute approximate surface area is 120 Å². The van der Waals surface area contributed by atoms with Crippen LogP contribution >= 0.6 is 0 Å². The van der Waals surface area contributed by atoms with Crippen LogP contribution in [0.5, 0.6) is 0 Å². The van der Waals surface area contributed by atoms with Gasteiger partial charge in [-0.2, -0.15) is 0 Å². The van der Waals surface area contributed by atoms with Crippen LogP contribution in [-0.2, 0) is 10.2 Å². The molecule has 0 spiro atoms. The van der Waals surface area contributed by atoms with E-state index in [1.807, 2.05) is 46.8 Å². The number of pyridine rings is 1. The van der Waals surface area contributed by atoms with E-state index in [-0.39, 0.29) is 5.41 Å². The van der Waals surface area contributed by atoms with Crippen molar-refractivity contribution in [3.05, 3.63) is 29.6 Å². The van der Waals surface area contributed by atoms with Gasteiger partial charge in [-0.3, -0.25) is 4.98 Å². The van der Waals surface area contributed by atoms with Crippen molar-refractivity contribution in [3.63, 3.8) is 0 Å². The van der Waals surface area contributed by atoms with E-state index in [9.17, 15) is 4.79 Å². The van der Waals surface area contributed by atoms with Crippen molar-refractivity contribution in [2.24, 2.45) is 5.73 Å². The van der Waals surface area contributed by atoms with Gasteiger partial charge in [-0.1, -0.05) is 6.92 Å². The summed E-state index contributed by atoms with van der Waals surface area (Å²) < 4.78 is 5.23. The van der Waals surface area contributed by atoms with E-state index in [0.29, 0.717) is 13.1 Å². The van der Waals surface area contributed by atoms with Crippen LogP contribution in [0.4, 0.5) is 4.79 Å². The number of amides is 1. The molecule has 20 heavy (non-hydrogen) atoms. The molecule has 1 atom stereocenters. The fourth-order valence-corrected chi connectivity index (χ4v) is 1.79. The van der Waals surface area contributed by atoms with Crippen LogP contribution < -0.4 is 11.1 Å². The van der Waals surface area contributed by atoms with Crippen molar-refractivity contribution >= 4 is 6.09 Å². The Morgan fingerprint density at radius 2 is 2.05 bits per heavy atom. The maximum Gasteiger partial charge on any atom is 0.407 e. The molecule has 1 rings (SSSR count). The van der Waals surface area contributed by atoms with Crippen molar-refractivity contribution in [2.45, 2.75) is 45.6 Å². The molecule has 0 aromatic carbocycles. The van der Waals surface area contributed by atoms with Crippen LogP contribution in [0.1, 0.15) is 39.0 Å². The van der Waals surface area contributed by atoms with Gasteiger partial charge in [0.05, 0.1) is 0 Å². The third kappa shape index (κ3) is 4.81. The highest BCUT2D eigenvalue weighted by molar-refractivity contribution is 5.67. The molecule has 0 aliphatic rings. The molecule has 1 aromatic heterocycles. The quantitative estimate of drug-likeness (QED) is 0.885. The van der Waals surface area contributed by atoms with Crippen LogP contribution in [-0.4, -0.2) is 29.8 Å². The standard InChI is InChI=1S/C15H25N3O2/c1-11-8-12(6-7-17-11)15(5,9-16)10-18-13(19)20-14(2,3)4/h6-8H,9-10,16H2,1-5H3,(H,18,19). The zero-order valence-corrected chi connectivity index (χ0v) is 13.0. The summed E-state index contributed by atoms with van der Waals surface area (Å²) in [4.78, 5) is 15.9. The molecule has 0 saturated carbocycles. The van der Waals surface area contributed by atoms with E-state index in [1.165, 1.54) is 0 Å². The zero-order valence-electron chi connectivity index (χ0n) is 13.0. The Kier molecular flexibility index (Phi) is 5.11. The molecule has 0 aliphatic carbocycles. The Morgan fingerprint density at radius 3 is 2.55 bits per heavy atom. The van der Waals surface area contributed by atoms with E-state index in [0.717, 1.165) is 11.3 Å². The van der Waals surface area contributed by atoms with Gasteiger partial charge in [0.15, 0.2) is 0 Å². The lowest BCUT2D eigenvalue weighted by atomic mass is 9.82. The lowest BCUT2D eigenvalue weighted by Gasteiger charge is -2.29. The van der Waals surface area contributed by atoms with Crippen LogP contribution in [0.25, 0.3) is 0 Å². The molecule has 0 radical (unpaired) electrons. The molecule has 1 aromatic rings. The second-order valence-electron chi connectivity index (χ2n) is 6.31. The molecule has 1 heterocycles. The summed E-state index contributed by atoms with van der Waals surface area (Å²) in [6.45, 7) is 10.3. The molecule has 112 valence electrons. The highest BCUT2D eigenvalue weighted by Crippen LogP contribution is 2.22. The summed E-state index contributed by atoms with van der Waals surface area (Å²) in [6, 6.07) is 3.92. The first-order chi connectivity index (χ1) is 9.16. The van der Waals surface area contributed by atoms with Gasteiger partial charge >= 0.3 is 6.09 Å². The summed E-state index contributed by atoms with van der Waals surface area (Å²) in [5, 5.41) is 2.79. The maximum atomic E-state index is 11.7. The van der Waals surface area contributed by atoms with Crippen molar-refractivity contribution in [1.29, 1.82) is 0 Å². The summed E-state index contributed by atoms with van der Waals surface area (Å²) in [5.74, 6) is 0. The van der Waals surface area contributed by atoms with Gasteiger partial charge in [-0.25, -0.2) is 4.79 Å². The average Bonchev–Trinajstić information content (AvgIpc) is 2.34. The van der Waals surface area contributed by atoms with Crippen LogP contribution in [0, 0.1) is 6.92 Å². The van der Waals surface area contributed by atoms with Crippen molar-refractivity contribution in [1.82, 2.24) is 10.3 Å². The van der Waals surface area contributed by atoms with E-state index in [2.05, 4.69) is 10.3 Å². The van der Waals surface area contributed by atoms with Crippen molar-refractivity contribution in [2.75, 3.05) is 13.1 Å². The molecule has 0 aliphatic heterocycles. The molecular formula is C15H25N3O2. The Hall–Kier alpha value is -1.62. The predicted molar refractivity (Wildman–Crippen MR) is 79.6 cm³/mol. The number of hydrogen-bond acceptors (Lipinski definition) is 4. The number of nitrogens with zero attached hydrogens (tertiary/aromatic N) is 1. The number of nitrogens with two attached hydrogens (primary N) is 1. The summed E-state index contributed by atoms with van der Waals surface area (Å²) >= 11 is 0. The van der Waals surface area contributed by atoms with Crippen molar-refractivity contribution < 1.29 is 9.53 Å². The number of carbonyl (C=O) groups excluding carboxylic acids is 1. The lowest BCUT2D eigenvalue weighted by Crippen LogP contribution is -2.45. The summed E-state index contributed by atoms with van der Waals surface area (Å²) in [6.07, 6.45) is 1.33.